The third kappa shape index (κ3) is 4.41. The first-order chi connectivity index (χ1) is 17.9. The van der Waals surface area contributed by atoms with E-state index in [4.69, 9.17) is 0 Å². The summed E-state index contributed by atoms with van der Waals surface area (Å²) in [5.74, 6) is -1.65. The number of aliphatic hydroxyl groups excluding tert-OH is 2. The van der Waals surface area contributed by atoms with Crippen LogP contribution < -0.4 is 14.8 Å². The molecule has 5 rings (SSSR count). The molecule has 1 fully saturated rings. The predicted molar refractivity (Wildman–Crippen MR) is 135 cm³/mol. The molecule has 1 aliphatic heterocycles. The van der Waals surface area contributed by atoms with Crippen LogP contribution in [0.2, 0.25) is 0 Å². The van der Waals surface area contributed by atoms with Crippen molar-refractivity contribution in [3.05, 3.63) is 66.1 Å². The van der Waals surface area contributed by atoms with Gasteiger partial charge in [-0.2, -0.15) is 0 Å². The number of aliphatic hydroxyl groups is 2. The van der Waals surface area contributed by atoms with E-state index in [0.717, 1.165) is 5.69 Å². The molecule has 10 heteroatoms. The third-order valence-electron chi connectivity index (χ3n) is 7.45. The number of hydrogen-bond acceptors (Lipinski definition) is 5. The Bertz CT molecular complexity index is 1430. The van der Waals surface area contributed by atoms with Crippen molar-refractivity contribution in [3.63, 3.8) is 0 Å². The quantitative estimate of drug-likeness (QED) is 0.345. The topological polar surface area (TPSA) is 93.0 Å². The Morgan fingerprint density at radius 1 is 1.18 bits per heavy atom. The van der Waals surface area contributed by atoms with Crippen LogP contribution in [-0.2, 0) is 22.2 Å². The van der Waals surface area contributed by atoms with E-state index in [2.05, 4.69) is 21.4 Å². The van der Waals surface area contributed by atoms with Crippen LogP contribution in [0.3, 0.4) is 0 Å². The number of nitrogens with one attached hydrogen (secondary N) is 1. The summed E-state index contributed by atoms with van der Waals surface area (Å²) in [5.41, 5.74) is 0.104. The summed E-state index contributed by atoms with van der Waals surface area (Å²) < 4.78 is 53.1. The molecule has 3 N–H and O–H groups in total. The van der Waals surface area contributed by atoms with Crippen LogP contribution in [0.1, 0.15) is 37.9 Å². The molecule has 1 saturated carbocycles. The molecule has 0 bridgehead atoms. The lowest BCUT2D eigenvalue weighted by Crippen LogP contribution is -2.28. The molecule has 7 nitrogen and oxygen atoms in total. The molecular weight excluding hydrogens is 501 g/mol. The molecular formula is C28H29F3N2O5. The third-order valence-corrected chi connectivity index (χ3v) is 7.45. The largest absolute Gasteiger partial charge is 0.586 e. The van der Waals surface area contributed by atoms with E-state index in [0.29, 0.717) is 35.9 Å². The van der Waals surface area contributed by atoms with Crippen LogP contribution in [0.15, 0.2) is 49.1 Å². The first-order valence-electron chi connectivity index (χ1n) is 12.3. The summed E-state index contributed by atoms with van der Waals surface area (Å²) in [5, 5.41) is 23.0. The standard InChI is InChI=1S/C28H29F3N2O5/c1-4-16(14-34)13-33-21-12-19(29)20(9-17(21)10-24(33)26(2,3)15-35)32-25(36)27(7-8-27)18-5-6-22-23(11-18)38-28(30,31)37-22/h4-6,9-12,16,34-35H,1,7-8,13-15H2,2-3H3,(H,32,36)/t16-/m0/s1. The van der Waals surface area contributed by atoms with Crippen molar-refractivity contribution in [1.82, 2.24) is 4.57 Å². The molecule has 1 aliphatic carbocycles. The average molecular weight is 531 g/mol. The number of carbonyl (C=O) groups is 1. The van der Waals surface area contributed by atoms with Gasteiger partial charge in [-0.15, -0.1) is 15.4 Å². The molecule has 0 radical (unpaired) electrons. The number of rotatable bonds is 9. The molecule has 0 unspecified atom stereocenters. The number of halogens is 3. The van der Waals surface area contributed by atoms with Crippen molar-refractivity contribution in [2.24, 2.45) is 5.92 Å². The van der Waals surface area contributed by atoms with E-state index in [9.17, 15) is 23.8 Å². The molecule has 2 heterocycles. The van der Waals surface area contributed by atoms with Crippen molar-refractivity contribution < 1.29 is 37.7 Å². The van der Waals surface area contributed by atoms with Gasteiger partial charge in [0.15, 0.2) is 11.5 Å². The number of fused-ring (bicyclic) bond motifs is 2. The first kappa shape index (κ1) is 26.1. The van der Waals surface area contributed by atoms with Gasteiger partial charge in [-0.1, -0.05) is 26.0 Å². The van der Waals surface area contributed by atoms with Gasteiger partial charge in [0.25, 0.3) is 0 Å². The Morgan fingerprint density at radius 2 is 1.89 bits per heavy atom. The highest BCUT2D eigenvalue weighted by Gasteiger charge is 2.53. The second kappa shape index (κ2) is 9.06. The van der Waals surface area contributed by atoms with Crippen molar-refractivity contribution in [2.45, 2.75) is 50.4 Å². The minimum atomic E-state index is -3.76. The number of ether oxygens (including phenoxy) is 2. The first-order valence-corrected chi connectivity index (χ1v) is 12.3. The SMILES string of the molecule is C=C[C@H](CO)Cn1c(C(C)(C)CO)cc2cc(NC(=O)C3(c4ccc5c(c4)OC(F)(F)O5)CC3)c(F)cc21. The molecule has 2 aromatic carbocycles. The lowest BCUT2D eigenvalue weighted by molar-refractivity contribution is -0.286. The average Bonchev–Trinajstić information content (AvgIpc) is 3.52. The smallest absolute Gasteiger partial charge is 0.396 e. The van der Waals surface area contributed by atoms with Crippen LogP contribution >= 0.6 is 0 Å². The maximum Gasteiger partial charge on any atom is 0.586 e. The second-order valence-corrected chi connectivity index (χ2v) is 10.6. The summed E-state index contributed by atoms with van der Waals surface area (Å²) in [4.78, 5) is 13.3. The van der Waals surface area contributed by atoms with Gasteiger partial charge < -0.3 is 29.6 Å². The van der Waals surface area contributed by atoms with Gasteiger partial charge >= 0.3 is 6.29 Å². The Hall–Kier alpha value is -3.50. The fraction of sp³-hybridized carbons (Fsp3) is 0.393. The van der Waals surface area contributed by atoms with Crippen LogP contribution in [0.4, 0.5) is 18.9 Å². The van der Waals surface area contributed by atoms with Crippen molar-refractivity contribution in [1.29, 1.82) is 0 Å². The fourth-order valence-electron chi connectivity index (χ4n) is 4.92. The Labute approximate surface area is 217 Å². The number of alkyl halides is 2. The fourth-order valence-corrected chi connectivity index (χ4v) is 4.92. The maximum absolute atomic E-state index is 15.4. The van der Waals surface area contributed by atoms with E-state index in [1.54, 1.807) is 6.08 Å². The number of nitrogens with zero attached hydrogens (tertiary/aromatic N) is 1. The number of hydrogen-bond donors (Lipinski definition) is 3. The van der Waals surface area contributed by atoms with Crippen LogP contribution in [0, 0.1) is 11.7 Å². The van der Waals surface area contributed by atoms with E-state index < -0.39 is 28.8 Å². The highest BCUT2D eigenvalue weighted by Crippen LogP contribution is 2.52. The van der Waals surface area contributed by atoms with Gasteiger partial charge in [-0.05, 0) is 42.7 Å². The summed E-state index contributed by atoms with van der Waals surface area (Å²) in [6.07, 6.45) is -1.21. The molecule has 2 aliphatic rings. The van der Waals surface area contributed by atoms with Crippen LogP contribution in [0.5, 0.6) is 11.5 Å². The van der Waals surface area contributed by atoms with Gasteiger partial charge in [0.1, 0.15) is 5.82 Å². The van der Waals surface area contributed by atoms with Crippen molar-refractivity contribution in [2.75, 3.05) is 18.5 Å². The number of carbonyl (C=O) groups excluding carboxylic acids is 1. The summed E-state index contributed by atoms with van der Waals surface area (Å²) in [6, 6.07) is 8.93. The number of benzene rings is 2. The van der Waals surface area contributed by atoms with Gasteiger partial charge in [-0.3, -0.25) is 4.79 Å². The zero-order valence-electron chi connectivity index (χ0n) is 21.1. The normalized spacial score (nSPS) is 17.9. The molecule has 38 heavy (non-hydrogen) atoms. The Kier molecular flexibility index (Phi) is 6.23. The van der Waals surface area contributed by atoms with Crippen molar-refractivity contribution >= 4 is 22.5 Å². The highest BCUT2D eigenvalue weighted by molar-refractivity contribution is 6.02. The number of amides is 1. The number of anilines is 1. The lowest BCUT2D eigenvalue weighted by atomic mass is 9.90. The highest BCUT2D eigenvalue weighted by atomic mass is 19.3. The molecule has 1 aromatic heterocycles. The Balaban J connectivity index is 1.47. The Morgan fingerprint density at radius 3 is 2.53 bits per heavy atom. The summed E-state index contributed by atoms with van der Waals surface area (Å²) in [6.45, 7) is 7.51. The molecule has 202 valence electrons. The van der Waals surface area contributed by atoms with Gasteiger partial charge in [-0.25, -0.2) is 4.39 Å². The van der Waals surface area contributed by atoms with E-state index in [1.807, 2.05) is 24.5 Å². The zero-order chi connectivity index (χ0) is 27.5. The summed E-state index contributed by atoms with van der Waals surface area (Å²) in [7, 11) is 0. The van der Waals surface area contributed by atoms with E-state index in [-0.39, 0.29) is 36.3 Å². The number of aromatic nitrogens is 1. The molecule has 0 spiro atoms. The second-order valence-electron chi connectivity index (χ2n) is 10.6. The maximum atomic E-state index is 15.4. The summed E-state index contributed by atoms with van der Waals surface area (Å²) >= 11 is 0. The molecule has 1 amide bonds. The van der Waals surface area contributed by atoms with E-state index >= 15 is 4.39 Å². The van der Waals surface area contributed by atoms with Gasteiger partial charge in [0.05, 0.1) is 29.8 Å². The monoisotopic (exact) mass is 530 g/mol. The predicted octanol–water partition coefficient (Wildman–Crippen LogP) is 4.84. The molecule has 3 aromatic rings. The zero-order valence-corrected chi connectivity index (χ0v) is 21.1. The lowest BCUT2D eigenvalue weighted by Gasteiger charge is -2.26. The molecule has 1 atom stereocenters. The van der Waals surface area contributed by atoms with Gasteiger partial charge in [0, 0.05) is 35.0 Å². The minimum Gasteiger partial charge on any atom is -0.396 e. The van der Waals surface area contributed by atoms with Crippen molar-refractivity contribution in [3.8, 4) is 11.5 Å². The van der Waals surface area contributed by atoms with Crippen LogP contribution in [0.25, 0.3) is 10.9 Å². The van der Waals surface area contributed by atoms with Gasteiger partial charge in [0.2, 0.25) is 5.91 Å². The van der Waals surface area contributed by atoms with Crippen LogP contribution in [-0.4, -0.2) is 40.2 Å². The molecule has 0 saturated heterocycles. The minimum absolute atomic E-state index is 0.0195. The van der Waals surface area contributed by atoms with E-state index in [1.165, 1.54) is 30.3 Å².